The lowest BCUT2D eigenvalue weighted by atomic mass is 9.85. The molecule has 0 bridgehead atoms. The molecule has 0 amide bonds. The number of aliphatic imine (C=N–C) groups is 1. The van der Waals surface area contributed by atoms with Crippen LogP contribution in [-0.4, -0.2) is 46.9 Å². The Kier molecular flexibility index (Phi) is 6.92. The molecule has 2 aromatic heterocycles. The average Bonchev–Trinajstić information content (AvgIpc) is 3.32. The number of thiazole rings is 1. The Bertz CT molecular complexity index is 968. The minimum Gasteiger partial charge on any atom is -0.357 e. The van der Waals surface area contributed by atoms with Gasteiger partial charge in [0.1, 0.15) is 0 Å². The van der Waals surface area contributed by atoms with Crippen LogP contribution in [0.3, 0.4) is 0 Å². The number of rotatable bonds is 6. The number of nitrogens with one attached hydrogen (secondary N) is 2. The summed E-state index contributed by atoms with van der Waals surface area (Å²) in [4.78, 5) is 12.8. The molecule has 1 saturated heterocycles. The molecule has 2 atom stereocenters. The Morgan fingerprint density at radius 1 is 1.37 bits per heavy atom. The highest BCUT2D eigenvalue weighted by Crippen LogP contribution is 2.35. The zero-order chi connectivity index (χ0) is 20.9. The summed E-state index contributed by atoms with van der Waals surface area (Å²) in [6, 6.07) is 8.63. The first-order valence-corrected chi connectivity index (χ1v) is 11.8. The fourth-order valence-corrected chi connectivity index (χ4v) is 5.19. The van der Waals surface area contributed by atoms with Crippen LogP contribution in [-0.2, 0) is 6.54 Å². The van der Waals surface area contributed by atoms with Crippen LogP contribution in [0.5, 0.6) is 0 Å². The molecule has 4 rings (SSSR count). The first-order valence-electron chi connectivity index (χ1n) is 10.5. The van der Waals surface area contributed by atoms with E-state index >= 15 is 0 Å². The van der Waals surface area contributed by atoms with Crippen molar-refractivity contribution in [2.75, 3.05) is 26.7 Å². The quantitative estimate of drug-likeness (QED) is 0.442. The minimum absolute atomic E-state index is 0.354. The highest BCUT2D eigenvalue weighted by molar-refractivity contribution is 7.15. The lowest BCUT2D eigenvalue weighted by molar-refractivity contribution is 0.122. The number of aromatic nitrogens is 2. The predicted octanol–water partition coefficient (Wildman–Crippen LogP) is 4.19. The van der Waals surface area contributed by atoms with E-state index in [9.17, 15) is 0 Å². The first kappa shape index (κ1) is 21.2. The number of halogens is 1. The van der Waals surface area contributed by atoms with Crippen molar-refractivity contribution in [3.8, 4) is 0 Å². The molecule has 8 heteroatoms. The summed E-state index contributed by atoms with van der Waals surface area (Å²) in [6.07, 6.45) is 6.47. The number of likely N-dealkylation sites (tertiary alicyclic amines) is 1. The molecule has 6 nitrogen and oxygen atoms in total. The normalized spacial score (nSPS) is 20.6. The van der Waals surface area contributed by atoms with Gasteiger partial charge in [-0.3, -0.25) is 9.30 Å². The molecule has 0 radical (unpaired) electrons. The van der Waals surface area contributed by atoms with E-state index in [0.717, 1.165) is 41.3 Å². The molecule has 30 heavy (non-hydrogen) atoms. The van der Waals surface area contributed by atoms with E-state index in [0.29, 0.717) is 18.5 Å². The van der Waals surface area contributed by atoms with Crippen molar-refractivity contribution in [1.82, 2.24) is 24.9 Å². The van der Waals surface area contributed by atoms with Crippen LogP contribution in [0.25, 0.3) is 4.96 Å². The van der Waals surface area contributed by atoms with E-state index in [1.165, 1.54) is 18.4 Å². The van der Waals surface area contributed by atoms with Crippen LogP contribution >= 0.6 is 22.9 Å². The second-order valence-corrected chi connectivity index (χ2v) is 9.09. The van der Waals surface area contributed by atoms with Gasteiger partial charge < -0.3 is 10.6 Å². The first-order chi connectivity index (χ1) is 14.6. The molecule has 1 aliphatic heterocycles. The van der Waals surface area contributed by atoms with Crippen molar-refractivity contribution >= 4 is 33.9 Å². The zero-order valence-corrected chi connectivity index (χ0v) is 19.1. The minimum atomic E-state index is 0.354. The van der Waals surface area contributed by atoms with E-state index in [1.54, 1.807) is 11.3 Å². The molecule has 0 spiro atoms. The van der Waals surface area contributed by atoms with Gasteiger partial charge in [-0.2, -0.15) is 0 Å². The summed E-state index contributed by atoms with van der Waals surface area (Å²) >= 11 is 7.92. The molecule has 1 aliphatic rings. The summed E-state index contributed by atoms with van der Waals surface area (Å²) in [5, 5.41) is 9.78. The fourth-order valence-electron chi connectivity index (χ4n) is 4.27. The second kappa shape index (κ2) is 9.81. The van der Waals surface area contributed by atoms with E-state index in [1.807, 2.05) is 34.3 Å². The molecule has 160 valence electrons. The standard InChI is InChI=1S/C22H29ClN6S/c1-3-24-21(26-14-19-15-29-10-11-30-22(29)27-19)25-13-17-7-5-9-28(2)20(17)16-6-4-8-18(23)12-16/h4,6,8,10-12,15,17,20H,3,5,7,9,13-14H2,1-2H3,(H2,24,25,26). The van der Waals surface area contributed by atoms with Gasteiger partial charge in [0, 0.05) is 41.9 Å². The molecule has 0 saturated carbocycles. The van der Waals surface area contributed by atoms with Crippen molar-refractivity contribution in [3.05, 3.63) is 58.3 Å². The topological polar surface area (TPSA) is 57.0 Å². The van der Waals surface area contributed by atoms with Crippen molar-refractivity contribution < 1.29 is 0 Å². The van der Waals surface area contributed by atoms with Gasteiger partial charge in [0.15, 0.2) is 10.9 Å². The third-order valence-corrected chi connectivity index (χ3v) is 6.62. The highest BCUT2D eigenvalue weighted by Gasteiger charge is 2.30. The monoisotopic (exact) mass is 444 g/mol. The smallest absolute Gasteiger partial charge is 0.193 e. The predicted molar refractivity (Wildman–Crippen MR) is 125 cm³/mol. The van der Waals surface area contributed by atoms with Crippen molar-refractivity contribution in [2.24, 2.45) is 10.9 Å². The largest absolute Gasteiger partial charge is 0.357 e. The summed E-state index contributed by atoms with van der Waals surface area (Å²) < 4.78 is 2.04. The average molecular weight is 445 g/mol. The molecule has 1 fully saturated rings. The van der Waals surface area contributed by atoms with Gasteiger partial charge in [0.25, 0.3) is 0 Å². The third-order valence-electron chi connectivity index (χ3n) is 5.62. The van der Waals surface area contributed by atoms with Crippen LogP contribution < -0.4 is 10.6 Å². The maximum Gasteiger partial charge on any atom is 0.193 e. The Balaban J connectivity index is 1.44. The molecular formula is C22H29ClN6S. The number of benzene rings is 1. The van der Waals surface area contributed by atoms with Crippen LogP contribution in [0.4, 0.5) is 0 Å². The zero-order valence-electron chi connectivity index (χ0n) is 17.5. The van der Waals surface area contributed by atoms with Gasteiger partial charge in [0.2, 0.25) is 0 Å². The highest BCUT2D eigenvalue weighted by atomic mass is 35.5. The molecule has 2 N–H and O–H groups in total. The molecule has 3 heterocycles. The van der Waals surface area contributed by atoms with Crippen LogP contribution in [0.2, 0.25) is 5.02 Å². The number of fused-ring (bicyclic) bond motifs is 1. The third kappa shape index (κ3) is 4.96. The SMILES string of the molecule is CCNC(=NCc1cn2ccsc2n1)NCC1CCCN(C)C1c1cccc(Cl)c1. The van der Waals surface area contributed by atoms with Gasteiger partial charge in [-0.1, -0.05) is 23.7 Å². The number of imidazole rings is 1. The second-order valence-electron chi connectivity index (χ2n) is 7.78. The van der Waals surface area contributed by atoms with E-state index < -0.39 is 0 Å². The Morgan fingerprint density at radius 3 is 3.07 bits per heavy atom. The summed E-state index contributed by atoms with van der Waals surface area (Å²) in [5.74, 6) is 1.33. The molecule has 2 unspecified atom stereocenters. The Labute approximate surface area is 187 Å². The van der Waals surface area contributed by atoms with Gasteiger partial charge in [-0.25, -0.2) is 9.98 Å². The van der Waals surface area contributed by atoms with E-state index in [2.05, 4.69) is 46.6 Å². The number of guanidine groups is 1. The lowest BCUT2D eigenvalue weighted by Gasteiger charge is -2.40. The van der Waals surface area contributed by atoms with Crippen molar-refractivity contribution in [2.45, 2.75) is 32.4 Å². The molecular weight excluding hydrogens is 416 g/mol. The number of nitrogens with zero attached hydrogens (tertiary/aromatic N) is 4. The summed E-state index contributed by atoms with van der Waals surface area (Å²) in [7, 11) is 2.21. The summed E-state index contributed by atoms with van der Waals surface area (Å²) in [5.41, 5.74) is 2.27. The maximum absolute atomic E-state index is 6.28. The van der Waals surface area contributed by atoms with Crippen LogP contribution in [0.15, 0.2) is 47.0 Å². The van der Waals surface area contributed by atoms with Gasteiger partial charge >= 0.3 is 0 Å². The maximum atomic E-state index is 6.28. The Morgan fingerprint density at radius 2 is 2.27 bits per heavy atom. The van der Waals surface area contributed by atoms with E-state index in [4.69, 9.17) is 16.6 Å². The van der Waals surface area contributed by atoms with Gasteiger partial charge in [0.05, 0.1) is 12.2 Å². The molecule has 1 aromatic carbocycles. The van der Waals surface area contributed by atoms with Crippen LogP contribution in [0.1, 0.15) is 37.1 Å². The van der Waals surface area contributed by atoms with Gasteiger partial charge in [-0.05, 0) is 57.0 Å². The summed E-state index contributed by atoms with van der Waals surface area (Å²) in [6.45, 7) is 5.45. The van der Waals surface area contributed by atoms with E-state index in [-0.39, 0.29) is 0 Å². The fraction of sp³-hybridized carbons (Fsp3) is 0.455. The van der Waals surface area contributed by atoms with Gasteiger partial charge in [-0.15, -0.1) is 11.3 Å². The van der Waals surface area contributed by atoms with Crippen molar-refractivity contribution in [3.63, 3.8) is 0 Å². The Hall–Kier alpha value is -2.09. The number of piperidine rings is 1. The molecule has 0 aliphatic carbocycles. The lowest BCUT2D eigenvalue weighted by Crippen LogP contribution is -2.45. The number of hydrogen-bond acceptors (Lipinski definition) is 4. The van der Waals surface area contributed by atoms with Crippen molar-refractivity contribution in [1.29, 1.82) is 0 Å². The number of hydrogen-bond donors (Lipinski definition) is 2. The molecule has 3 aromatic rings. The van der Waals surface area contributed by atoms with Crippen LogP contribution in [0, 0.1) is 5.92 Å².